The van der Waals surface area contributed by atoms with Crippen LogP contribution < -0.4 is 10.3 Å². The van der Waals surface area contributed by atoms with E-state index in [1.165, 1.54) is 6.42 Å². The molecule has 0 N–H and O–H groups in total. The summed E-state index contributed by atoms with van der Waals surface area (Å²) in [6, 6.07) is 9.43. The smallest absolute Gasteiger partial charge is 0.253 e. The Hall–Kier alpha value is -2.18. The molecule has 1 aromatic heterocycles. The summed E-state index contributed by atoms with van der Waals surface area (Å²) in [6.45, 7) is 2.69. The van der Waals surface area contributed by atoms with Gasteiger partial charge in [0.1, 0.15) is 12.4 Å². The van der Waals surface area contributed by atoms with Crippen LogP contribution in [0.2, 0.25) is 0 Å². The highest BCUT2D eigenvalue weighted by Gasteiger charge is 2.21. The second-order valence-corrected chi connectivity index (χ2v) is 6.51. The quantitative estimate of drug-likeness (QED) is 0.611. The molecule has 1 aliphatic carbocycles. The summed E-state index contributed by atoms with van der Waals surface area (Å²) in [6.07, 6.45) is 5.20. The van der Waals surface area contributed by atoms with Crippen LogP contribution in [0.25, 0.3) is 0 Å². The number of benzene rings is 1. The topological polar surface area (TPSA) is 62.6 Å². The first-order valence-electron chi connectivity index (χ1n) is 9.11. The Balaban J connectivity index is 1.48. The molecule has 0 aliphatic heterocycles. The lowest BCUT2D eigenvalue weighted by atomic mass is 9.83. The van der Waals surface area contributed by atoms with E-state index >= 15 is 0 Å². The van der Waals surface area contributed by atoms with Gasteiger partial charge in [-0.2, -0.15) is 0 Å². The molecule has 0 unspecified atom stereocenters. The van der Waals surface area contributed by atoms with Crippen LogP contribution in [0, 0.1) is 0 Å². The Morgan fingerprint density at radius 2 is 1.88 bits per heavy atom. The zero-order valence-corrected chi connectivity index (χ0v) is 15.2. The van der Waals surface area contributed by atoms with E-state index in [1.54, 1.807) is 24.1 Å². The Morgan fingerprint density at radius 3 is 2.54 bits per heavy atom. The summed E-state index contributed by atoms with van der Waals surface area (Å²) in [5.41, 5.74) is 1.98. The van der Waals surface area contributed by atoms with Crippen LogP contribution in [0.1, 0.15) is 36.4 Å². The molecule has 2 aromatic rings. The Bertz CT molecular complexity index is 738. The number of hydrogen-bond acceptors (Lipinski definition) is 5. The first-order valence-corrected chi connectivity index (χ1v) is 9.11. The van der Waals surface area contributed by atoms with Gasteiger partial charge in [-0.05, 0) is 30.5 Å². The third-order valence-corrected chi connectivity index (χ3v) is 4.63. The molecule has 1 saturated carbocycles. The van der Waals surface area contributed by atoms with Crippen LogP contribution in [0.15, 0.2) is 41.5 Å². The monoisotopic (exact) mass is 358 g/mol. The fourth-order valence-corrected chi connectivity index (χ4v) is 2.84. The highest BCUT2D eigenvalue weighted by Crippen LogP contribution is 2.34. The second-order valence-electron chi connectivity index (χ2n) is 6.51. The molecular formula is C20H26N2O4. The van der Waals surface area contributed by atoms with Crippen molar-refractivity contribution in [3.8, 4) is 5.75 Å². The van der Waals surface area contributed by atoms with Crippen molar-refractivity contribution in [1.82, 2.24) is 9.55 Å². The Labute approximate surface area is 153 Å². The third kappa shape index (κ3) is 5.16. The van der Waals surface area contributed by atoms with Gasteiger partial charge in [0.25, 0.3) is 5.56 Å². The fraction of sp³-hybridized carbons (Fsp3) is 0.500. The van der Waals surface area contributed by atoms with Crippen molar-refractivity contribution < 1.29 is 14.2 Å². The summed E-state index contributed by atoms with van der Waals surface area (Å²) in [7, 11) is 1.65. The van der Waals surface area contributed by atoms with E-state index in [0.717, 1.165) is 29.8 Å². The predicted octanol–water partition coefficient (Wildman–Crippen LogP) is 2.60. The fourth-order valence-electron chi connectivity index (χ4n) is 2.84. The highest BCUT2D eigenvalue weighted by atomic mass is 16.5. The molecule has 0 bridgehead atoms. The molecule has 140 valence electrons. The Morgan fingerprint density at radius 1 is 1.12 bits per heavy atom. The lowest BCUT2D eigenvalue weighted by molar-refractivity contribution is 0.0544. The highest BCUT2D eigenvalue weighted by molar-refractivity contribution is 5.27. The van der Waals surface area contributed by atoms with Gasteiger partial charge in [-0.3, -0.25) is 9.36 Å². The average molecular weight is 358 g/mol. The van der Waals surface area contributed by atoms with Crippen LogP contribution in [-0.4, -0.2) is 43.1 Å². The Kier molecular flexibility index (Phi) is 6.80. The number of ether oxygens (including phenoxy) is 3. The van der Waals surface area contributed by atoms with Crippen molar-refractivity contribution in [2.75, 3.05) is 33.5 Å². The molecule has 1 aliphatic rings. The maximum atomic E-state index is 12.3. The SMILES string of the molecule is COCCOCCOc1ccc(Cn2cnc(C3CCC3)cc2=O)cc1. The molecule has 1 aromatic carbocycles. The summed E-state index contributed by atoms with van der Waals surface area (Å²) < 4.78 is 17.5. The lowest BCUT2D eigenvalue weighted by Crippen LogP contribution is -2.23. The zero-order chi connectivity index (χ0) is 18.2. The molecule has 3 rings (SSSR count). The molecule has 6 nitrogen and oxygen atoms in total. The molecule has 6 heteroatoms. The molecule has 1 heterocycles. The van der Waals surface area contributed by atoms with Crippen molar-refractivity contribution in [2.24, 2.45) is 0 Å². The van der Waals surface area contributed by atoms with Gasteiger partial charge in [0.2, 0.25) is 0 Å². The molecule has 0 atom stereocenters. The lowest BCUT2D eigenvalue weighted by Gasteiger charge is -2.24. The van der Waals surface area contributed by atoms with Gasteiger partial charge in [-0.1, -0.05) is 18.6 Å². The molecule has 1 fully saturated rings. The van der Waals surface area contributed by atoms with Gasteiger partial charge >= 0.3 is 0 Å². The number of hydrogen-bond donors (Lipinski definition) is 0. The molecule has 0 spiro atoms. The number of rotatable bonds is 10. The summed E-state index contributed by atoms with van der Waals surface area (Å²) in [5, 5.41) is 0. The minimum atomic E-state index is 0.00966. The number of aromatic nitrogens is 2. The van der Waals surface area contributed by atoms with Crippen LogP contribution in [0.4, 0.5) is 0 Å². The predicted molar refractivity (Wildman–Crippen MR) is 98.8 cm³/mol. The van der Waals surface area contributed by atoms with E-state index in [9.17, 15) is 4.79 Å². The second kappa shape index (κ2) is 9.50. The molecule has 0 radical (unpaired) electrons. The standard InChI is InChI=1S/C20H26N2O4/c1-24-9-10-25-11-12-26-18-7-5-16(6-8-18)14-22-15-21-19(13-20(22)23)17-3-2-4-17/h5-8,13,15,17H,2-4,9-12,14H2,1H3. The zero-order valence-electron chi connectivity index (χ0n) is 15.2. The van der Waals surface area contributed by atoms with Gasteiger partial charge in [-0.15, -0.1) is 0 Å². The molecular weight excluding hydrogens is 332 g/mol. The van der Waals surface area contributed by atoms with Gasteiger partial charge < -0.3 is 14.2 Å². The van der Waals surface area contributed by atoms with E-state index in [-0.39, 0.29) is 5.56 Å². The summed E-state index contributed by atoms with van der Waals surface area (Å²) in [4.78, 5) is 16.7. The maximum Gasteiger partial charge on any atom is 0.253 e. The number of methoxy groups -OCH3 is 1. The third-order valence-electron chi connectivity index (χ3n) is 4.63. The van der Waals surface area contributed by atoms with Gasteiger partial charge in [0.15, 0.2) is 0 Å². The van der Waals surface area contributed by atoms with Crippen molar-refractivity contribution in [3.05, 3.63) is 58.3 Å². The van der Waals surface area contributed by atoms with E-state index in [4.69, 9.17) is 14.2 Å². The average Bonchev–Trinajstić information content (AvgIpc) is 2.60. The van der Waals surface area contributed by atoms with Crippen molar-refractivity contribution in [2.45, 2.75) is 31.7 Å². The maximum absolute atomic E-state index is 12.3. The van der Waals surface area contributed by atoms with Crippen LogP contribution in [0.5, 0.6) is 5.75 Å². The number of nitrogens with zero attached hydrogens (tertiary/aromatic N) is 2. The van der Waals surface area contributed by atoms with Crippen molar-refractivity contribution in [3.63, 3.8) is 0 Å². The first-order chi connectivity index (χ1) is 12.8. The van der Waals surface area contributed by atoms with E-state index in [0.29, 0.717) is 38.9 Å². The molecule has 26 heavy (non-hydrogen) atoms. The minimum Gasteiger partial charge on any atom is -0.491 e. The largest absolute Gasteiger partial charge is 0.491 e. The minimum absolute atomic E-state index is 0.00966. The first kappa shape index (κ1) is 18.6. The molecule has 0 amide bonds. The normalized spacial score (nSPS) is 14.2. The van der Waals surface area contributed by atoms with E-state index in [1.807, 2.05) is 24.3 Å². The van der Waals surface area contributed by atoms with Gasteiger partial charge in [0, 0.05) is 19.1 Å². The van der Waals surface area contributed by atoms with E-state index in [2.05, 4.69) is 4.98 Å². The van der Waals surface area contributed by atoms with Crippen LogP contribution >= 0.6 is 0 Å². The van der Waals surface area contributed by atoms with Gasteiger partial charge in [-0.25, -0.2) is 4.98 Å². The van der Waals surface area contributed by atoms with Crippen molar-refractivity contribution in [1.29, 1.82) is 0 Å². The van der Waals surface area contributed by atoms with Crippen LogP contribution in [0.3, 0.4) is 0 Å². The van der Waals surface area contributed by atoms with Crippen LogP contribution in [-0.2, 0) is 16.0 Å². The summed E-state index contributed by atoms with van der Waals surface area (Å²) >= 11 is 0. The van der Waals surface area contributed by atoms with Crippen molar-refractivity contribution >= 4 is 0 Å². The summed E-state index contributed by atoms with van der Waals surface area (Å²) in [5.74, 6) is 1.27. The van der Waals surface area contributed by atoms with E-state index < -0.39 is 0 Å². The molecule has 0 saturated heterocycles. The van der Waals surface area contributed by atoms with Gasteiger partial charge in [0.05, 0.1) is 38.4 Å².